The van der Waals surface area contributed by atoms with E-state index >= 15 is 0 Å². The van der Waals surface area contributed by atoms with Crippen LogP contribution in [0.5, 0.6) is 5.75 Å². The summed E-state index contributed by atoms with van der Waals surface area (Å²) >= 11 is 0. The number of aryl methyl sites for hydroxylation is 1. The highest BCUT2D eigenvalue weighted by molar-refractivity contribution is 5.88. The van der Waals surface area contributed by atoms with Gasteiger partial charge >= 0.3 is 0 Å². The van der Waals surface area contributed by atoms with Crippen molar-refractivity contribution in [3.63, 3.8) is 0 Å². The van der Waals surface area contributed by atoms with Gasteiger partial charge in [0.25, 0.3) is 0 Å². The number of rotatable bonds is 7. The Balaban J connectivity index is 1.45. The van der Waals surface area contributed by atoms with E-state index in [2.05, 4.69) is 51.1 Å². The van der Waals surface area contributed by atoms with Crippen LogP contribution >= 0.6 is 0 Å². The third-order valence-electron chi connectivity index (χ3n) is 4.72. The quantitative estimate of drug-likeness (QED) is 0.496. The van der Waals surface area contributed by atoms with Crippen molar-refractivity contribution in [3.05, 3.63) is 66.1 Å². The van der Waals surface area contributed by atoms with Crippen molar-refractivity contribution in [2.24, 2.45) is 7.05 Å². The number of hydrogen-bond acceptors (Lipinski definition) is 4. The maximum atomic E-state index is 5.30. The first kappa shape index (κ1) is 17.3. The first-order chi connectivity index (χ1) is 13.2. The summed E-state index contributed by atoms with van der Waals surface area (Å²) in [5.74, 6) is 0.871. The molecule has 4 aromatic rings. The maximum Gasteiger partial charge on any atom is 0.119 e. The van der Waals surface area contributed by atoms with Crippen molar-refractivity contribution >= 4 is 10.8 Å². The van der Waals surface area contributed by atoms with Gasteiger partial charge in [-0.15, -0.1) is 0 Å². The standard InChI is InChI=1S/C21H23N5O/c1-26-14-15(11-24-26)7-8-22-12-19-13-23-25-21(19)18-4-3-17-10-20(27-2)6-5-16(17)9-18/h3-6,9-11,13-14,22H,7-8,12H2,1-2H3,(H,23,25). The highest BCUT2D eigenvalue weighted by Gasteiger charge is 2.09. The van der Waals surface area contributed by atoms with Gasteiger partial charge in [0.1, 0.15) is 5.75 Å². The Morgan fingerprint density at radius 1 is 1.11 bits per heavy atom. The molecule has 0 bridgehead atoms. The van der Waals surface area contributed by atoms with Crippen LogP contribution in [-0.4, -0.2) is 33.6 Å². The molecule has 0 aliphatic heterocycles. The van der Waals surface area contributed by atoms with Gasteiger partial charge in [0, 0.05) is 30.9 Å². The van der Waals surface area contributed by atoms with Crippen molar-refractivity contribution in [3.8, 4) is 17.0 Å². The van der Waals surface area contributed by atoms with Crippen molar-refractivity contribution in [1.82, 2.24) is 25.3 Å². The molecule has 0 aliphatic rings. The van der Waals surface area contributed by atoms with E-state index < -0.39 is 0 Å². The molecule has 6 nitrogen and oxygen atoms in total. The zero-order valence-electron chi connectivity index (χ0n) is 15.6. The van der Waals surface area contributed by atoms with Gasteiger partial charge in [-0.25, -0.2) is 0 Å². The largest absolute Gasteiger partial charge is 0.497 e. The Hall–Kier alpha value is -3.12. The van der Waals surface area contributed by atoms with E-state index in [-0.39, 0.29) is 0 Å². The van der Waals surface area contributed by atoms with Crippen LogP contribution < -0.4 is 10.1 Å². The van der Waals surface area contributed by atoms with Crippen LogP contribution in [-0.2, 0) is 20.0 Å². The number of nitrogens with one attached hydrogen (secondary N) is 2. The maximum absolute atomic E-state index is 5.30. The van der Waals surface area contributed by atoms with Gasteiger partial charge in [-0.05, 0) is 47.5 Å². The monoisotopic (exact) mass is 361 g/mol. The van der Waals surface area contributed by atoms with Crippen LogP contribution in [0, 0.1) is 0 Å². The molecule has 2 N–H and O–H groups in total. The molecule has 0 saturated heterocycles. The summed E-state index contributed by atoms with van der Waals surface area (Å²) in [5.41, 5.74) is 4.59. The molecule has 138 valence electrons. The van der Waals surface area contributed by atoms with E-state index in [1.807, 2.05) is 36.3 Å². The van der Waals surface area contributed by atoms with Crippen LogP contribution in [0.2, 0.25) is 0 Å². The Kier molecular flexibility index (Phi) is 4.89. The second-order valence-electron chi connectivity index (χ2n) is 6.65. The molecule has 0 fully saturated rings. The number of aromatic nitrogens is 4. The number of ether oxygens (including phenoxy) is 1. The molecule has 0 radical (unpaired) electrons. The van der Waals surface area contributed by atoms with E-state index in [1.54, 1.807) is 7.11 Å². The van der Waals surface area contributed by atoms with Crippen LogP contribution in [0.15, 0.2) is 55.0 Å². The van der Waals surface area contributed by atoms with Gasteiger partial charge in [0.05, 0.1) is 25.2 Å². The fourth-order valence-electron chi connectivity index (χ4n) is 3.26. The summed E-state index contributed by atoms with van der Waals surface area (Å²) in [7, 11) is 3.63. The highest BCUT2D eigenvalue weighted by atomic mass is 16.5. The van der Waals surface area contributed by atoms with Gasteiger partial charge < -0.3 is 10.1 Å². The van der Waals surface area contributed by atoms with Crippen LogP contribution in [0.25, 0.3) is 22.0 Å². The number of hydrogen-bond donors (Lipinski definition) is 2. The Labute approximate surface area is 158 Å². The van der Waals surface area contributed by atoms with Gasteiger partial charge in [-0.2, -0.15) is 10.2 Å². The normalized spacial score (nSPS) is 11.2. The molecular formula is C21H23N5O. The predicted molar refractivity (Wildman–Crippen MR) is 107 cm³/mol. The van der Waals surface area contributed by atoms with E-state index in [1.165, 1.54) is 10.9 Å². The second-order valence-corrected chi connectivity index (χ2v) is 6.65. The number of benzene rings is 2. The lowest BCUT2D eigenvalue weighted by atomic mass is 10.0. The number of H-pyrrole nitrogens is 1. The fraction of sp³-hybridized carbons (Fsp3) is 0.238. The first-order valence-electron chi connectivity index (χ1n) is 9.01. The lowest BCUT2D eigenvalue weighted by Gasteiger charge is -2.08. The summed E-state index contributed by atoms with van der Waals surface area (Å²) in [4.78, 5) is 0. The summed E-state index contributed by atoms with van der Waals surface area (Å²) in [5, 5.41) is 17.4. The topological polar surface area (TPSA) is 67.8 Å². The first-order valence-corrected chi connectivity index (χ1v) is 9.01. The Bertz CT molecular complexity index is 1050. The molecule has 2 aromatic heterocycles. The molecule has 0 atom stereocenters. The minimum Gasteiger partial charge on any atom is -0.497 e. The second kappa shape index (κ2) is 7.63. The average Bonchev–Trinajstić information content (AvgIpc) is 3.33. The average molecular weight is 361 g/mol. The van der Waals surface area contributed by atoms with Gasteiger partial charge in [0.15, 0.2) is 0 Å². The molecule has 0 unspecified atom stereocenters. The molecule has 0 spiro atoms. The zero-order valence-corrected chi connectivity index (χ0v) is 15.6. The number of aromatic amines is 1. The van der Waals surface area contributed by atoms with Gasteiger partial charge in [-0.3, -0.25) is 9.78 Å². The van der Waals surface area contributed by atoms with E-state index in [0.717, 1.165) is 47.5 Å². The van der Waals surface area contributed by atoms with E-state index in [9.17, 15) is 0 Å². The lowest BCUT2D eigenvalue weighted by molar-refractivity contribution is 0.415. The summed E-state index contributed by atoms with van der Waals surface area (Å²) in [6.45, 7) is 1.67. The van der Waals surface area contributed by atoms with Crippen molar-refractivity contribution < 1.29 is 4.74 Å². The molecule has 2 heterocycles. The highest BCUT2D eigenvalue weighted by Crippen LogP contribution is 2.27. The molecule has 0 saturated carbocycles. The third-order valence-corrected chi connectivity index (χ3v) is 4.72. The van der Waals surface area contributed by atoms with E-state index in [4.69, 9.17) is 4.74 Å². The lowest BCUT2D eigenvalue weighted by Crippen LogP contribution is -2.16. The van der Waals surface area contributed by atoms with Crippen LogP contribution in [0.1, 0.15) is 11.1 Å². The van der Waals surface area contributed by atoms with Crippen molar-refractivity contribution in [2.45, 2.75) is 13.0 Å². The summed E-state index contributed by atoms with van der Waals surface area (Å²) < 4.78 is 7.13. The smallest absolute Gasteiger partial charge is 0.119 e. The number of fused-ring (bicyclic) bond motifs is 1. The van der Waals surface area contributed by atoms with Crippen LogP contribution in [0.3, 0.4) is 0 Å². The Morgan fingerprint density at radius 2 is 1.96 bits per heavy atom. The molecule has 6 heteroatoms. The van der Waals surface area contributed by atoms with Crippen molar-refractivity contribution in [2.75, 3.05) is 13.7 Å². The predicted octanol–water partition coefficient (Wildman–Crippen LogP) is 3.30. The minimum absolute atomic E-state index is 0.771. The van der Waals surface area contributed by atoms with E-state index in [0.29, 0.717) is 0 Å². The third kappa shape index (κ3) is 3.85. The minimum atomic E-state index is 0.771. The molecule has 2 aromatic carbocycles. The number of methoxy groups -OCH3 is 1. The summed E-state index contributed by atoms with van der Waals surface area (Å²) in [6.07, 6.45) is 6.81. The molecule has 0 aliphatic carbocycles. The van der Waals surface area contributed by atoms with Crippen LogP contribution in [0.4, 0.5) is 0 Å². The fourth-order valence-corrected chi connectivity index (χ4v) is 3.26. The van der Waals surface area contributed by atoms with Gasteiger partial charge in [0.2, 0.25) is 0 Å². The summed E-state index contributed by atoms with van der Waals surface area (Å²) in [6, 6.07) is 12.5. The van der Waals surface area contributed by atoms with Gasteiger partial charge in [-0.1, -0.05) is 18.2 Å². The molecule has 4 rings (SSSR count). The molecule has 0 amide bonds. The SMILES string of the molecule is COc1ccc2cc(-c3[nH]ncc3CNCCc3cnn(C)c3)ccc2c1. The Morgan fingerprint density at radius 3 is 2.78 bits per heavy atom. The number of nitrogens with zero attached hydrogens (tertiary/aromatic N) is 3. The van der Waals surface area contributed by atoms with Crippen molar-refractivity contribution in [1.29, 1.82) is 0 Å². The zero-order chi connectivity index (χ0) is 18.6. The molecular weight excluding hydrogens is 338 g/mol. The molecule has 27 heavy (non-hydrogen) atoms.